The van der Waals surface area contributed by atoms with Gasteiger partial charge in [0.25, 0.3) is 0 Å². The van der Waals surface area contributed by atoms with Gasteiger partial charge in [-0.25, -0.2) is 0 Å². The number of hydrogen-bond acceptors (Lipinski definition) is 3. The average molecular weight is 251 g/mol. The minimum absolute atomic E-state index is 0.808. The van der Waals surface area contributed by atoms with Crippen molar-refractivity contribution in [3.63, 3.8) is 0 Å². The molecule has 0 saturated carbocycles. The summed E-state index contributed by atoms with van der Waals surface area (Å²) in [5, 5.41) is 3.87. The standard InChI is InChI=1S/C15H29N3/c1-13(11-17-6-2-3-7-17)10-16-15-5-9-18-8-4-14(15)12-18/h13-16H,2-12H2,1H3. The van der Waals surface area contributed by atoms with Crippen LogP contribution in [0.25, 0.3) is 0 Å². The second-order valence-corrected chi connectivity index (χ2v) is 6.77. The highest BCUT2D eigenvalue weighted by atomic mass is 15.2. The summed E-state index contributed by atoms with van der Waals surface area (Å²) in [4.78, 5) is 5.28. The highest BCUT2D eigenvalue weighted by Gasteiger charge is 2.33. The first kappa shape index (κ1) is 12.9. The van der Waals surface area contributed by atoms with Gasteiger partial charge in [0.1, 0.15) is 0 Å². The van der Waals surface area contributed by atoms with Crippen LogP contribution in [-0.4, -0.2) is 61.7 Å². The molecule has 0 radical (unpaired) electrons. The Labute approximate surface area is 112 Å². The van der Waals surface area contributed by atoms with Crippen molar-refractivity contribution in [2.24, 2.45) is 11.8 Å². The van der Waals surface area contributed by atoms with Crippen molar-refractivity contribution in [1.82, 2.24) is 15.1 Å². The summed E-state index contributed by atoms with van der Waals surface area (Å²) in [7, 11) is 0. The van der Waals surface area contributed by atoms with Gasteiger partial charge in [-0.1, -0.05) is 6.92 Å². The van der Waals surface area contributed by atoms with Crippen LogP contribution < -0.4 is 5.32 Å². The zero-order valence-corrected chi connectivity index (χ0v) is 11.9. The van der Waals surface area contributed by atoms with Gasteiger partial charge in [-0.2, -0.15) is 0 Å². The van der Waals surface area contributed by atoms with Gasteiger partial charge in [-0.05, 0) is 70.2 Å². The number of piperidine rings is 1. The fraction of sp³-hybridized carbons (Fsp3) is 1.00. The van der Waals surface area contributed by atoms with E-state index in [2.05, 4.69) is 22.0 Å². The van der Waals surface area contributed by atoms with Crippen LogP contribution in [0.1, 0.15) is 32.6 Å². The first-order chi connectivity index (χ1) is 8.81. The molecule has 4 atom stereocenters. The smallest absolute Gasteiger partial charge is 0.0120 e. The van der Waals surface area contributed by atoms with E-state index in [4.69, 9.17) is 0 Å². The predicted octanol–water partition coefficient (Wildman–Crippen LogP) is 1.40. The number of rotatable bonds is 5. The van der Waals surface area contributed by atoms with Gasteiger partial charge in [0, 0.05) is 19.1 Å². The minimum Gasteiger partial charge on any atom is -0.313 e. The van der Waals surface area contributed by atoms with E-state index in [1.165, 1.54) is 71.5 Å². The van der Waals surface area contributed by atoms with Gasteiger partial charge in [-0.15, -0.1) is 0 Å². The Bertz CT molecular complexity index is 262. The Morgan fingerprint density at radius 2 is 1.89 bits per heavy atom. The average Bonchev–Trinajstić information content (AvgIpc) is 2.99. The molecule has 3 saturated heterocycles. The quantitative estimate of drug-likeness (QED) is 0.797. The van der Waals surface area contributed by atoms with E-state index < -0.39 is 0 Å². The zero-order valence-electron chi connectivity index (χ0n) is 11.9. The van der Waals surface area contributed by atoms with Crippen molar-refractivity contribution in [1.29, 1.82) is 0 Å². The Balaban J connectivity index is 1.37. The first-order valence-corrected chi connectivity index (χ1v) is 7.99. The molecule has 3 aliphatic heterocycles. The van der Waals surface area contributed by atoms with Crippen LogP contribution in [0.3, 0.4) is 0 Å². The van der Waals surface area contributed by atoms with Crippen molar-refractivity contribution in [2.75, 3.05) is 45.8 Å². The summed E-state index contributed by atoms with van der Waals surface area (Å²) < 4.78 is 0. The van der Waals surface area contributed by atoms with Gasteiger partial charge in [0.15, 0.2) is 0 Å². The van der Waals surface area contributed by atoms with E-state index >= 15 is 0 Å². The molecular weight excluding hydrogens is 222 g/mol. The van der Waals surface area contributed by atoms with Crippen LogP contribution in [0.15, 0.2) is 0 Å². The Morgan fingerprint density at radius 1 is 1.11 bits per heavy atom. The molecule has 0 aromatic rings. The van der Waals surface area contributed by atoms with E-state index in [-0.39, 0.29) is 0 Å². The maximum Gasteiger partial charge on any atom is 0.0120 e. The first-order valence-electron chi connectivity index (χ1n) is 7.99. The lowest BCUT2D eigenvalue weighted by Crippen LogP contribution is -2.46. The Kier molecular flexibility index (Phi) is 4.22. The summed E-state index contributed by atoms with van der Waals surface area (Å²) in [5.74, 6) is 1.75. The van der Waals surface area contributed by atoms with Crippen molar-refractivity contribution in [2.45, 2.75) is 38.6 Å². The molecule has 0 aromatic carbocycles. The summed E-state index contributed by atoms with van der Waals surface area (Å²) in [6.45, 7) is 11.7. The largest absolute Gasteiger partial charge is 0.313 e. The van der Waals surface area contributed by atoms with Crippen molar-refractivity contribution in [3.05, 3.63) is 0 Å². The minimum atomic E-state index is 0.808. The number of likely N-dealkylation sites (tertiary alicyclic amines) is 1. The Morgan fingerprint density at radius 3 is 2.72 bits per heavy atom. The maximum atomic E-state index is 3.87. The van der Waals surface area contributed by atoms with Gasteiger partial charge in [0.05, 0.1) is 0 Å². The molecule has 4 unspecified atom stereocenters. The van der Waals surface area contributed by atoms with Crippen LogP contribution >= 0.6 is 0 Å². The molecule has 3 rings (SSSR count). The molecule has 0 aliphatic carbocycles. The molecule has 104 valence electrons. The third-order valence-corrected chi connectivity index (χ3v) is 5.13. The van der Waals surface area contributed by atoms with Crippen molar-refractivity contribution in [3.8, 4) is 0 Å². The van der Waals surface area contributed by atoms with E-state index in [9.17, 15) is 0 Å². The fourth-order valence-corrected chi connectivity index (χ4v) is 4.04. The lowest BCUT2D eigenvalue weighted by molar-refractivity contribution is 0.209. The molecule has 3 nitrogen and oxygen atoms in total. The van der Waals surface area contributed by atoms with Crippen LogP contribution in [0, 0.1) is 11.8 Å². The molecule has 0 amide bonds. The molecule has 18 heavy (non-hydrogen) atoms. The van der Waals surface area contributed by atoms with Crippen LogP contribution in [-0.2, 0) is 0 Å². The fourth-order valence-electron chi connectivity index (χ4n) is 4.04. The molecular formula is C15H29N3. The maximum absolute atomic E-state index is 3.87. The lowest BCUT2D eigenvalue weighted by Gasteiger charge is -2.32. The number of hydrogen-bond donors (Lipinski definition) is 1. The van der Waals surface area contributed by atoms with Crippen molar-refractivity contribution >= 4 is 0 Å². The summed E-state index contributed by atoms with van der Waals surface area (Å²) in [6, 6.07) is 0.810. The monoisotopic (exact) mass is 251 g/mol. The number of fused-ring (bicyclic) bond motifs is 2. The van der Waals surface area contributed by atoms with Gasteiger partial charge in [0.2, 0.25) is 0 Å². The summed E-state index contributed by atoms with van der Waals surface area (Å²) >= 11 is 0. The van der Waals surface area contributed by atoms with Crippen LogP contribution in [0.2, 0.25) is 0 Å². The molecule has 3 heteroatoms. The zero-order chi connectivity index (χ0) is 12.4. The van der Waals surface area contributed by atoms with E-state index in [1.54, 1.807) is 0 Å². The number of nitrogens with one attached hydrogen (secondary N) is 1. The third kappa shape index (κ3) is 3.06. The van der Waals surface area contributed by atoms with Crippen LogP contribution in [0.5, 0.6) is 0 Å². The SMILES string of the molecule is CC(CNC1CCN2CCC1C2)CN1CCCC1. The second kappa shape index (κ2) is 5.89. The summed E-state index contributed by atoms with van der Waals surface area (Å²) in [5.41, 5.74) is 0. The van der Waals surface area contributed by atoms with E-state index in [1.807, 2.05) is 0 Å². The van der Waals surface area contributed by atoms with E-state index in [0.29, 0.717) is 0 Å². The molecule has 3 aliphatic rings. The topological polar surface area (TPSA) is 18.5 Å². The molecule has 0 spiro atoms. The molecule has 1 N–H and O–H groups in total. The lowest BCUT2D eigenvalue weighted by atomic mass is 9.93. The van der Waals surface area contributed by atoms with Gasteiger partial charge in [-0.3, -0.25) is 0 Å². The van der Waals surface area contributed by atoms with Crippen LogP contribution in [0.4, 0.5) is 0 Å². The summed E-state index contributed by atoms with van der Waals surface area (Å²) in [6.07, 6.45) is 5.64. The second-order valence-electron chi connectivity index (χ2n) is 6.77. The number of nitrogens with zero attached hydrogens (tertiary/aromatic N) is 2. The molecule has 2 bridgehead atoms. The molecule has 3 heterocycles. The normalized spacial score (nSPS) is 38.2. The highest BCUT2D eigenvalue weighted by Crippen LogP contribution is 2.27. The molecule has 3 fully saturated rings. The highest BCUT2D eigenvalue weighted by molar-refractivity contribution is 4.91. The van der Waals surface area contributed by atoms with Gasteiger partial charge < -0.3 is 15.1 Å². The van der Waals surface area contributed by atoms with E-state index in [0.717, 1.165) is 17.9 Å². The van der Waals surface area contributed by atoms with Gasteiger partial charge >= 0.3 is 0 Å². The molecule has 0 aromatic heterocycles. The Hall–Kier alpha value is -0.120. The van der Waals surface area contributed by atoms with Crippen molar-refractivity contribution < 1.29 is 0 Å². The third-order valence-electron chi connectivity index (χ3n) is 5.13. The predicted molar refractivity (Wildman–Crippen MR) is 75.8 cm³/mol.